The Balaban J connectivity index is 1.93. The molecule has 0 unspecified atom stereocenters. The summed E-state index contributed by atoms with van der Waals surface area (Å²) in [4.78, 5) is 29.4. The third-order valence-corrected chi connectivity index (χ3v) is 6.01. The van der Waals surface area contributed by atoms with Gasteiger partial charge in [-0.25, -0.2) is 13.4 Å². The molecule has 8 nitrogen and oxygen atoms in total. The average Bonchev–Trinajstić information content (AvgIpc) is 2.66. The summed E-state index contributed by atoms with van der Waals surface area (Å²) in [6.45, 7) is 3.48. The third kappa shape index (κ3) is 3.57. The van der Waals surface area contributed by atoms with Crippen molar-refractivity contribution >= 4 is 52.6 Å². The van der Waals surface area contributed by atoms with Crippen LogP contribution in [-0.4, -0.2) is 62.7 Å². The van der Waals surface area contributed by atoms with Crippen LogP contribution in [0, 0.1) is 3.57 Å². The van der Waals surface area contributed by atoms with Crippen molar-refractivity contribution in [2.24, 2.45) is 5.73 Å². The molecule has 0 amide bonds. The minimum Gasteiger partial charge on any atom is -0.486 e. The van der Waals surface area contributed by atoms with Crippen LogP contribution < -0.4 is 20.8 Å². The minimum atomic E-state index is -3.31. The number of hydrogen-bond donors (Lipinski definition) is 1. The van der Waals surface area contributed by atoms with Gasteiger partial charge in [0.1, 0.15) is 18.3 Å². The lowest BCUT2D eigenvalue weighted by atomic mass is 10.1. The van der Waals surface area contributed by atoms with Crippen molar-refractivity contribution in [2.45, 2.75) is 6.17 Å². The van der Waals surface area contributed by atoms with Gasteiger partial charge in [0, 0.05) is 35.9 Å². The number of rotatable bonds is 3. The van der Waals surface area contributed by atoms with E-state index in [4.69, 9.17) is 10.5 Å². The van der Waals surface area contributed by atoms with Gasteiger partial charge in [-0.3, -0.25) is 4.79 Å². The summed E-state index contributed by atoms with van der Waals surface area (Å²) < 4.78 is 37.2. The number of pyridine rings is 1. The summed E-state index contributed by atoms with van der Waals surface area (Å²) in [6, 6.07) is 1.65. The fraction of sp³-hybridized carbons (Fsp3) is 0.412. The Morgan fingerprint density at radius 3 is 2.69 bits per heavy atom. The lowest BCUT2D eigenvalue weighted by Gasteiger charge is -2.37. The zero-order valence-electron chi connectivity index (χ0n) is 15.5. The molecule has 3 heterocycles. The molecule has 2 aromatic rings. The number of hydrogen-bond acceptors (Lipinski definition) is 7. The van der Waals surface area contributed by atoms with Gasteiger partial charge in [0.2, 0.25) is 5.43 Å². The van der Waals surface area contributed by atoms with Gasteiger partial charge in [0.05, 0.1) is 16.6 Å². The zero-order valence-corrected chi connectivity index (χ0v) is 17.7. The fourth-order valence-electron chi connectivity index (χ4n) is 3.70. The van der Waals surface area contributed by atoms with Crippen LogP contribution in [0.15, 0.2) is 17.1 Å². The molecular formula is C17H18BF2IN4O4. The van der Waals surface area contributed by atoms with E-state index in [1.165, 1.54) is 10.8 Å². The maximum absolute atomic E-state index is 12.9. The fourth-order valence-corrected chi connectivity index (χ4v) is 4.60. The van der Waals surface area contributed by atoms with Gasteiger partial charge in [0.15, 0.2) is 5.75 Å². The van der Waals surface area contributed by atoms with Crippen molar-refractivity contribution in [2.75, 3.05) is 44.7 Å². The molecule has 1 saturated heterocycles. The molecule has 2 N–H and O–H groups in total. The van der Waals surface area contributed by atoms with Crippen molar-refractivity contribution < 1.29 is 22.8 Å². The smallest absolute Gasteiger partial charge is 0.486 e. The minimum absolute atomic E-state index is 0.120. The van der Waals surface area contributed by atoms with Gasteiger partial charge in [-0.15, -0.1) is 0 Å². The van der Waals surface area contributed by atoms with Crippen LogP contribution in [0.3, 0.4) is 0 Å². The molecule has 0 saturated carbocycles. The molecule has 12 heteroatoms. The first-order valence-corrected chi connectivity index (χ1v) is 10.1. The van der Waals surface area contributed by atoms with E-state index in [9.17, 15) is 18.2 Å². The second-order valence-corrected chi connectivity index (χ2v) is 8.21. The highest BCUT2D eigenvalue weighted by Gasteiger charge is 2.32. The van der Waals surface area contributed by atoms with Gasteiger partial charge >= 0.3 is 13.4 Å². The number of piperazine rings is 1. The van der Waals surface area contributed by atoms with E-state index >= 15 is 0 Å². The standard InChI is InChI=1S/C17H18BF2IN4O4/c1-23-2-4-24(5-3-23)14-11(21)6-9-13-16(14)28-8-12(22)25(13)7-10(15(9)26)17(27)29-18(19)20/h6-7,12H,2-5,8,22H2,1H3/t12-/m1/s1. The van der Waals surface area contributed by atoms with E-state index < -0.39 is 30.6 Å². The summed E-state index contributed by atoms with van der Waals surface area (Å²) >= 11 is 2.12. The lowest BCUT2D eigenvalue weighted by Crippen LogP contribution is -2.45. The average molecular weight is 518 g/mol. The van der Waals surface area contributed by atoms with Crippen molar-refractivity contribution in [1.82, 2.24) is 9.47 Å². The van der Waals surface area contributed by atoms with E-state index in [2.05, 4.69) is 44.1 Å². The Kier molecular flexibility index (Phi) is 5.42. The monoisotopic (exact) mass is 518 g/mol. The number of ether oxygens (including phenoxy) is 1. The predicted molar refractivity (Wildman–Crippen MR) is 113 cm³/mol. The van der Waals surface area contributed by atoms with E-state index in [0.717, 1.165) is 35.4 Å². The van der Waals surface area contributed by atoms with Gasteiger partial charge < -0.3 is 29.5 Å². The SMILES string of the molecule is CN1CCN(c2c(I)cc3c(=O)c(C(=O)OB(F)F)cn4c3c2OC[C@@H]4N)CC1. The van der Waals surface area contributed by atoms with E-state index in [1.54, 1.807) is 6.07 Å². The predicted octanol–water partition coefficient (Wildman–Crippen LogP) is 1.29. The largest absolute Gasteiger partial charge is 0.798 e. The van der Waals surface area contributed by atoms with Crippen LogP contribution in [0.5, 0.6) is 5.75 Å². The molecule has 0 radical (unpaired) electrons. The second kappa shape index (κ2) is 7.72. The highest BCUT2D eigenvalue weighted by Crippen LogP contribution is 2.42. The highest BCUT2D eigenvalue weighted by atomic mass is 127. The number of halogens is 3. The van der Waals surface area contributed by atoms with E-state index in [0.29, 0.717) is 11.3 Å². The Hall–Kier alpha value is -1.93. The topological polar surface area (TPSA) is 90.0 Å². The first-order chi connectivity index (χ1) is 13.8. The molecule has 2 aliphatic heterocycles. The Morgan fingerprint density at radius 2 is 2.03 bits per heavy atom. The van der Waals surface area contributed by atoms with Crippen molar-refractivity contribution in [1.29, 1.82) is 0 Å². The molecule has 29 heavy (non-hydrogen) atoms. The number of likely N-dealkylation sites (N-methyl/N-ethyl adjacent to an activating group) is 1. The molecule has 2 aliphatic rings. The van der Waals surface area contributed by atoms with Crippen molar-refractivity contribution in [3.05, 3.63) is 31.6 Å². The van der Waals surface area contributed by atoms with E-state index in [1.807, 2.05) is 0 Å². The third-order valence-electron chi connectivity index (χ3n) is 5.19. The number of nitrogens with two attached hydrogens (primary N) is 1. The summed E-state index contributed by atoms with van der Waals surface area (Å²) in [5.41, 5.74) is 6.28. The van der Waals surface area contributed by atoms with Crippen molar-refractivity contribution in [3.8, 4) is 5.75 Å². The van der Waals surface area contributed by atoms with Crippen LogP contribution in [-0.2, 0) is 4.65 Å². The summed E-state index contributed by atoms with van der Waals surface area (Å²) in [5.74, 6) is -0.863. The number of carbonyl (C=O) groups is 1. The van der Waals surface area contributed by atoms with Crippen LogP contribution in [0.1, 0.15) is 16.5 Å². The second-order valence-electron chi connectivity index (χ2n) is 7.05. The molecule has 0 aliphatic carbocycles. The first-order valence-electron chi connectivity index (χ1n) is 9.00. The molecule has 1 fully saturated rings. The zero-order chi connectivity index (χ0) is 20.9. The van der Waals surface area contributed by atoms with Crippen molar-refractivity contribution in [3.63, 3.8) is 0 Å². The van der Waals surface area contributed by atoms with Crippen LogP contribution >= 0.6 is 22.6 Å². The van der Waals surface area contributed by atoms with E-state index in [-0.39, 0.29) is 12.0 Å². The summed E-state index contributed by atoms with van der Waals surface area (Å²) in [7, 11) is -1.26. The van der Waals surface area contributed by atoms with Crippen LogP contribution in [0.4, 0.5) is 14.3 Å². The number of benzene rings is 1. The van der Waals surface area contributed by atoms with Crippen LogP contribution in [0.2, 0.25) is 0 Å². The first kappa shape index (κ1) is 20.4. The van der Waals surface area contributed by atoms with Gasteiger partial charge in [0.25, 0.3) is 0 Å². The highest BCUT2D eigenvalue weighted by molar-refractivity contribution is 14.1. The number of aromatic nitrogens is 1. The Morgan fingerprint density at radius 1 is 1.34 bits per heavy atom. The number of carbonyl (C=O) groups excluding carboxylic acids is 1. The maximum Gasteiger partial charge on any atom is 0.798 e. The molecule has 4 rings (SSSR count). The molecule has 0 spiro atoms. The Bertz CT molecular complexity index is 1040. The maximum atomic E-state index is 12.9. The summed E-state index contributed by atoms with van der Waals surface area (Å²) in [6.07, 6.45) is 0.510. The number of anilines is 1. The quantitative estimate of drug-likeness (QED) is 0.484. The Labute approximate surface area is 178 Å². The summed E-state index contributed by atoms with van der Waals surface area (Å²) in [5, 5.41) is 0.182. The molecule has 1 aromatic carbocycles. The molecule has 1 atom stereocenters. The van der Waals surface area contributed by atoms with Gasteiger partial charge in [-0.2, -0.15) is 0 Å². The normalized spacial score (nSPS) is 19.2. The molecule has 0 bridgehead atoms. The molecule has 154 valence electrons. The van der Waals surface area contributed by atoms with Gasteiger partial charge in [-0.1, -0.05) is 0 Å². The van der Waals surface area contributed by atoms with Gasteiger partial charge in [-0.05, 0) is 35.7 Å². The molecule has 1 aromatic heterocycles. The lowest BCUT2D eigenvalue weighted by molar-refractivity contribution is 0.0692. The number of nitrogens with zero attached hydrogens (tertiary/aromatic N) is 3. The molecular weight excluding hydrogens is 500 g/mol. The van der Waals surface area contributed by atoms with Crippen LogP contribution in [0.25, 0.3) is 10.9 Å².